The van der Waals surface area contributed by atoms with Crippen LogP contribution in [-0.2, 0) is 4.79 Å². The molecular weight excluding hydrogens is 343 g/mol. The molecule has 5 nitrogen and oxygen atoms in total. The Morgan fingerprint density at radius 1 is 1.35 bits per heavy atom. The van der Waals surface area contributed by atoms with Crippen LogP contribution in [0.15, 0.2) is 17.3 Å². The Morgan fingerprint density at radius 2 is 2.00 bits per heavy atom. The average Bonchev–Trinajstić information content (AvgIpc) is 2.77. The number of hydrogen-bond acceptors (Lipinski definition) is 4. The number of carbonyl (C=O) groups is 1. The highest BCUT2D eigenvalue weighted by atomic mass is 35.5. The summed E-state index contributed by atoms with van der Waals surface area (Å²) < 4.78 is 0. The lowest BCUT2D eigenvalue weighted by Crippen LogP contribution is -2.14. The largest absolute Gasteiger partial charge is 0.323 e. The molecule has 1 heterocycles. The first-order valence-corrected chi connectivity index (χ1v) is 7.54. The van der Waals surface area contributed by atoms with Crippen molar-refractivity contribution in [1.29, 1.82) is 0 Å². The molecule has 2 rings (SSSR count). The summed E-state index contributed by atoms with van der Waals surface area (Å²) in [6.07, 6.45) is 0. The van der Waals surface area contributed by atoms with Crippen molar-refractivity contribution in [3.63, 3.8) is 0 Å². The molecule has 0 aliphatic carbocycles. The van der Waals surface area contributed by atoms with Gasteiger partial charge in [-0.15, -0.1) is 5.10 Å². The Bertz CT molecular complexity index is 623. The lowest BCUT2D eigenvalue weighted by atomic mass is 10.3. The lowest BCUT2D eigenvalue weighted by molar-refractivity contribution is -0.113. The molecule has 0 saturated heterocycles. The van der Waals surface area contributed by atoms with Gasteiger partial charge in [0.15, 0.2) is 0 Å². The van der Waals surface area contributed by atoms with E-state index in [-0.39, 0.29) is 21.7 Å². The smallest absolute Gasteiger partial charge is 0.234 e. The second-order valence-electron chi connectivity index (χ2n) is 3.78. The first kappa shape index (κ1) is 15.4. The van der Waals surface area contributed by atoms with Crippen molar-refractivity contribution in [2.24, 2.45) is 0 Å². The summed E-state index contributed by atoms with van der Waals surface area (Å²) in [6.45, 7) is 1.78. The van der Waals surface area contributed by atoms with Crippen molar-refractivity contribution in [2.45, 2.75) is 12.1 Å². The molecule has 2 N–H and O–H groups in total. The molecule has 0 fully saturated rings. The van der Waals surface area contributed by atoms with E-state index in [1.54, 1.807) is 6.92 Å². The van der Waals surface area contributed by atoms with E-state index in [1.165, 1.54) is 23.9 Å². The van der Waals surface area contributed by atoms with Crippen LogP contribution in [0.2, 0.25) is 15.1 Å². The highest BCUT2D eigenvalue weighted by molar-refractivity contribution is 7.99. The predicted octanol–water partition coefficient (Wildman–Crippen LogP) is 3.80. The number of nitrogens with zero attached hydrogens (tertiary/aromatic N) is 2. The number of H-pyrrole nitrogens is 1. The number of amides is 1. The minimum atomic E-state index is -0.261. The lowest BCUT2D eigenvalue weighted by Gasteiger charge is -2.09. The molecule has 0 unspecified atom stereocenters. The van der Waals surface area contributed by atoms with Crippen molar-refractivity contribution in [2.75, 3.05) is 11.1 Å². The van der Waals surface area contributed by atoms with Crippen LogP contribution in [0.1, 0.15) is 5.82 Å². The minimum Gasteiger partial charge on any atom is -0.323 e. The standard InChI is InChI=1S/C11H9Cl3N4OS/c1-5-15-11(18-17-5)20-4-9(19)16-10-7(13)2-6(12)3-8(10)14/h2-3H,4H2,1H3,(H,16,19)(H,15,17,18). The van der Waals surface area contributed by atoms with Crippen LogP contribution < -0.4 is 5.32 Å². The van der Waals surface area contributed by atoms with Gasteiger partial charge in [-0.25, -0.2) is 4.98 Å². The normalized spacial score (nSPS) is 10.6. The molecule has 0 aliphatic heterocycles. The minimum absolute atomic E-state index is 0.145. The summed E-state index contributed by atoms with van der Waals surface area (Å²) in [7, 11) is 0. The van der Waals surface area contributed by atoms with Crippen LogP contribution in [0.25, 0.3) is 0 Å². The van der Waals surface area contributed by atoms with Crippen molar-refractivity contribution < 1.29 is 4.79 Å². The molecule has 0 aliphatic rings. The zero-order chi connectivity index (χ0) is 14.7. The van der Waals surface area contributed by atoms with Crippen LogP contribution in [0, 0.1) is 6.92 Å². The fourth-order valence-corrected chi connectivity index (χ4v) is 2.91. The number of thioether (sulfide) groups is 1. The average molecular weight is 352 g/mol. The number of aromatic nitrogens is 3. The third-order valence-corrected chi connectivity index (χ3v) is 3.84. The van der Waals surface area contributed by atoms with Crippen molar-refractivity contribution in [3.05, 3.63) is 33.0 Å². The van der Waals surface area contributed by atoms with E-state index in [0.717, 1.165) is 0 Å². The molecule has 106 valence electrons. The quantitative estimate of drug-likeness (QED) is 0.822. The van der Waals surface area contributed by atoms with E-state index >= 15 is 0 Å². The molecule has 0 radical (unpaired) electrons. The van der Waals surface area contributed by atoms with Crippen LogP contribution in [0.3, 0.4) is 0 Å². The number of rotatable bonds is 4. The van der Waals surface area contributed by atoms with Crippen LogP contribution in [0.4, 0.5) is 5.69 Å². The number of anilines is 1. The molecular formula is C11H9Cl3N4OS. The van der Waals surface area contributed by atoms with E-state index in [2.05, 4.69) is 20.5 Å². The van der Waals surface area contributed by atoms with Crippen molar-refractivity contribution in [3.8, 4) is 0 Å². The van der Waals surface area contributed by atoms with Crippen LogP contribution in [0.5, 0.6) is 0 Å². The second kappa shape index (κ2) is 6.67. The van der Waals surface area contributed by atoms with Crippen LogP contribution >= 0.6 is 46.6 Å². The van der Waals surface area contributed by atoms with E-state index in [4.69, 9.17) is 34.8 Å². The molecule has 0 saturated carbocycles. The number of halogens is 3. The molecule has 0 spiro atoms. The number of aromatic amines is 1. The molecule has 20 heavy (non-hydrogen) atoms. The van der Waals surface area contributed by atoms with Gasteiger partial charge in [0, 0.05) is 5.02 Å². The highest BCUT2D eigenvalue weighted by Crippen LogP contribution is 2.33. The SMILES string of the molecule is Cc1nc(SCC(=O)Nc2c(Cl)cc(Cl)cc2Cl)n[nH]1. The van der Waals surface area contributed by atoms with E-state index < -0.39 is 0 Å². The Labute approximate surface area is 134 Å². The van der Waals surface area contributed by atoms with Gasteiger partial charge < -0.3 is 5.32 Å². The number of carbonyl (C=O) groups excluding carboxylic acids is 1. The molecule has 1 amide bonds. The van der Waals surface area contributed by atoms with E-state index in [9.17, 15) is 4.79 Å². The number of aryl methyl sites for hydroxylation is 1. The van der Waals surface area contributed by atoms with Gasteiger partial charge in [-0.1, -0.05) is 46.6 Å². The zero-order valence-electron chi connectivity index (χ0n) is 10.2. The van der Waals surface area contributed by atoms with Gasteiger partial charge >= 0.3 is 0 Å². The number of nitrogens with one attached hydrogen (secondary N) is 2. The summed E-state index contributed by atoms with van der Waals surface area (Å²) in [5, 5.41) is 10.7. The Hall–Kier alpha value is -0.950. The number of benzene rings is 1. The molecule has 2 aromatic rings. The Kier molecular flexibility index (Phi) is 5.15. The maximum Gasteiger partial charge on any atom is 0.234 e. The molecule has 1 aromatic heterocycles. The van der Waals surface area contributed by atoms with Crippen LogP contribution in [-0.4, -0.2) is 26.8 Å². The van der Waals surface area contributed by atoms with Gasteiger partial charge in [-0.3, -0.25) is 9.89 Å². The van der Waals surface area contributed by atoms with E-state index in [1.807, 2.05) is 0 Å². The maximum atomic E-state index is 11.8. The summed E-state index contributed by atoms with van der Waals surface area (Å²) in [5.41, 5.74) is 0.342. The van der Waals surface area contributed by atoms with Crippen molar-refractivity contribution in [1.82, 2.24) is 15.2 Å². The summed E-state index contributed by atoms with van der Waals surface area (Å²) in [6, 6.07) is 3.02. The molecule has 0 atom stereocenters. The van der Waals surface area contributed by atoms with Gasteiger partial charge in [0.2, 0.25) is 11.1 Å². The van der Waals surface area contributed by atoms with Gasteiger partial charge in [0.25, 0.3) is 0 Å². The highest BCUT2D eigenvalue weighted by Gasteiger charge is 2.12. The summed E-state index contributed by atoms with van der Waals surface area (Å²) >= 11 is 19.0. The molecule has 9 heteroatoms. The van der Waals surface area contributed by atoms with Gasteiger partial charge in [0.1, 0.15) is 5.82 Å². The first-order chi connectivity index (χ1) is 9.45. The Balaban J connectivity index is 1.98. The third-order valence-electron chi connectivity index (χ3n) is 2.18. The van der Waals surface area contributed by atoms with Gasteiger partial charge in [-0.2, -0.15) is 0 Å². The fourth-order valence-electron chi connectivity index (χ4n) is 1.35. The second-order valence-corrected chi connectivity index (χ2v) is 5.98. The third kappa shape index (κ3) is 4.02. The van der Waals surface area contributed by atoms with E-state index in [0.29, 0.717) is 21.7 Å². The predicted molar refractivity (Wildman–Crippen MR) is 81.9 cm³/mol. The zero-order valence-corrected chi connectivity index (χ0v) is 13.3. The molecule has 1 aromatic carbocycles. The van der Waals surface area contributed by atoms with Gasteiger partial charge in [0.05, 0.1) is 21.5 Å². The topological polar surface area (TPSA) is 70.7 Å². The first-order valence-electron chi connectivity index (χ1n) is 5.42. The monoisotopic (exact) mass is 350 g/mol. The number of hydrogen-bond donors (Lipinski definition) is 2. The fraction of sp³-hybridized carbons (Fsp3) is 0.182. The Morgan fingerprint density at radius 3 is 2.55 bits per heavy atom. The van der Waals surface area contributed by atoms with Crippen molar-refractivity contribution >= 4 is 58.2 Å². The van der Waals surface area contributed by atoms with Gasteiger partial charge in [-0.05, 0) is 19.1 Å². The summed E-state index contributed by atoms with van der Waals surface area (Å²) in [5.74, 6) is 0.576. The maximum absolute atomic E-state index is 11.8. The molecule has 0 bridgehead atoms. The summed E-state index contributed by atoms with van der Waals surface area (Å²) in [4.78, 5) is 15.9.